The van der Waals surface area contributed by atoms with E-state index in [-0.39, 0.29) is 5.75 Å². The summed E-state index contributed by atoms with van der Waals surface area (Å²) in [6.07, 6.45) is 2.29. The van der Waals surface area contributed by atoms with E-state index in [2.05, 4.69) is 15.9 Å². The molecule has 1 aromatic rings. The van der Waals surface area contributed by atoms with Gasteiger partial charge in [-0.3, -0.25) is 0 Å². The zero-order valence-electron chi connectivity index (χ0n) is 10.6. The topological polar surface area (TPSA) is 43.4 Å². The predicted molar refractivity (Wildman–Crippen MR) is 80.7 cm³/mol. The molecule has 2 unspecified atom stereocenters. The molecule has 1 heterocycles. The van der Waals surface area contributed by atoms with E-state index in [4.69, 9.17) is 16.3 Å². The molecule has 2 rings (SSSR count). The van der Waals surface area contributed by atoms with Gasteiger partial charge in [0.25, 0.3) is 0 Å². The largest absolute Gasteiger partial charge is 0.497 e. The average molecular weight is 368 g/mol. The van der Waals surface area contributed by atoms with Gasteiger partial charge < -0.3 is 4.74 Å². The highest BCUT2D eigenvalue weighted by molar-refractivity contribution is 9.10. The molecular weight excluding hydrogens is 352 g/mol. The quantitative estimate of drug-likeness (QED) is 0.765. The van der Waals surface area contributed by atoms with Crippen molar-refractivity contribution in [3.05, 3.63) is 28.2 Å². The van der Waals surface area contributed by atoms with Crippen molar-refractivity contribution in [1.82, 2.24) is 0 Å². The molecule has 6 heteroatoms. The highest BCUT2D eigenvalue weighted by atomic mass is 79.9. The lowest BCUT2D eigenvalue weighted by molar-refractivity contribution is 0.414. The minimum absolute atomic E-state index is 0.245. The van der Waals surface area contributed by atoms with Crippen LogP contribution in [0.25, 0.3) is 0 Å². The molecule has 3 nitrogen and oxygen atoms in total. The van der Waals surface area contributed by atoms with E-state index in [1.807, 2.05) is 6.07 Å². The molecule has 0 aromatic heterocycles. The molecular formula is C13H16BrClO3S. The van der Waals surface area contributed by atoms with E-state index >= 15 is 0 Å². The van der Waals surface area contributed by atoms with Crippen molar-refractivity contribution in [3.63, 3.8) is 0 Å². The van der Waals surface area contributed by atoms with Crippen molar-refractivity contribution in [2.24, 2.45) is 0 Å². The van der Waals surface area contributed by atoms with E-state index in [9.17, 15) is 8.42 Å². The maximum Gasteiger partial charge on any atom is 0.154 e. The zero-order chi connectivity index (χ0) is 14.0. The van der Waals surface area contributed by atoms with E-state index in [0.717, 1.165) is 22.9 Å². The van der Waals surface area contributed by atoms with Gasteiger partial charge in [-0.05, 0) is 30.5 Å². The van der Waals surface area contributed by atoms with E-state index in [0.29, 0.717) is 12.2 Å². The zero-order valence-corrected chi connectivity index (χ0v) is 13.8. The highest BCUT2D eigenvalue weighted by Gasteiger charge is 2.36. The Labute approximate surface area is 127 Å². The Bertz CT molecular complexity index is 559. The molecule has 0 amide bonds. The number of hydrogen-bond acceptors (Lipinski definition) is 3. The van der Waals surface area contributed by atoms with Gasteiger partial charge in [0.15, 0.2) is 9.84 Å². The summed E-state index contributed by atoms with van der Waals surface area (Å²) in [5, 5.41) is -1.02. The van der Waals surface area contributed by atoms with Crippen molar-refractivity contribution in [1.29, 1.82) is 0 Å². The van der Waals surface area contributed by atoms with E-state index in [1.54, 1.807) is 19.2 Å². The van der Waals surface area contributed by atoms with Crippen LogP contribution in [0.4, 0.5) is 0 Å². The van der Waals surface area contributed by atoms with Gasteiger partial charge in [-0.25, -0.2) is 8.42 Å². The highest BCUT2D eigenvalue weighted by Crippen LogP contribution is 2.39. The lowest BCUT2D eigenvalue weighted by atomic mass is 10.0. The third kappa shape index (κ3) is 3.26. The summed E-state index contributed by atoms with van der Waals surface area (Å²) in [5.41, 5.74) is 0.804. The van der Waals surface area contributed by atoms with Crippen molar-refractivity contribution >= 4 is 37.4 Å². The average Bonchev–Trinajstić information content (AvgIpc) is 2.37. The van der Waals surface area contributed by atoms with Crippen molar-refractivity contribution in [2.45, 2.75) is 29.9 Å². The second-order valence-corrected chi connectivity index (χ2v) is 8.35. The lowest BCUT2D eigenvalue weighted by Crippen LogP contribution is -2.32. The molecule has 1 fully saturated rings. The third-order valence-electron chi connectivity index (χ3n) is 3.46. The Morgan fingerprint density at radius 1 is 1.42 bits per heavy atom. The fourth-order valence-corrected chi connectivity index (χ4v) is 5.84. The lowest BCUT2D eigenvalue weighted by Gasteiger charge is -2.27. The van der Waals surface area contributed by atoms with E-state index < -0.39 is 20.5 Å². The minimum atomic E-state index is -3.09. The molecule has 19 heavy (non-hydrogen) atoms. The van der Waals surface area contributed by atoms with Crippen LogP contribution in [-0.2, 0) is 9.84 Å². The van der Waals surface area contributed by atoms with Crippen molar-refractivity contribution in [2.75, 3.05) is 12.9 Å². The van der Waals surface area contributed by atoms with Crippen molar-refractivity contribution in [3.8, 4) is 5.75 Å². The Morgan fingerprint density at radius 2 is 2.16 bits per heavy atom. The molecule has 0 radical (unpaired) electrons. The maximum atomic E-state index is 12.1. The van der Waals surface area contributed by atoms with Crippen LogP contribution in [0, 0.1) is 0 Å². The van der Waals surface area contributed by atoms with Crippen LogP contribution in [-0.4, -0.2) is 26.5 Å². The first-order valence-corrected chi connectivity index (χ1v) is 9.09. The molecule has 2 atom stereocenters. The second-order valence-electron chi connectivity index (χ2n) is 4.69. The Balaban J connectivity index is 2.31. The first kappa shape index (κ1) is 15.1. The summed E-state index contributed by atoms with van der Waals surface area (Å²) in [4.78, 5) is 0. The second kappa shape index (κ2) is 6.02. The molecule has 0 spiro atoms. The van der Waals surface area contributed by atoms with Crippen LogP contribution in [0.5, 0.6) is 5.75 Å². The normalized spacial score (nSPS) is 23.8. The standard InChI is InChI=1S/C13H16BrClO3S/c1-18-9-5-6-10(11(14)8-9)13(15)12-4-2-3-7-19(12,16)17/h5-6,8,12-13H,2-4,7H2,1H3. The molecule has 106 valence electrons. The summed E-state index contributed by atoms with van der Waals surface area (Å²) in [6, 6.07) is 5.43. The van der Waals surface area contributed by atoms with Gasteiger partial charge in [-0.1, -0.05) is 28.4 Å². The summed E-state index contributed by atoms with van der Waals surface area (Å²) < 4.78 is 30.1. The van der Waals surface area contributed by atoms with Gasteiger partial charge in [0.2, 0.25) is 0 Å². The fourth-order valence-electron chi connectivity index (χ4n) is 2.37. The van der Waals surface area contributed by atoms with Gasteiger partial charge in [-0.2, -0.15) is 0 Å². The molecule has 1 aliphatic heterocycles. The smallest absolute Gasteiger partial charge is 0.154 e. The fraction of sp³-hybridized carbons (Fsp3) is 0.538. The Hall–Kier alpha value is -0.260. The number of methoxy groups -OCH3 is 1. The summed E-state index contributed by atoms with van der Waals surface area (Å²) >= 11 is 9.85. The van der Waals surface area contributed by atoms with Crippen LogP contribution < -0.4 is 4.74 Å². The van der Waals surface area contributed by atoms with Crippen molar-refractivity contribution < 1.29 is 13.2 Å². The SMILES string of the molecule is COc1ccc(C(Cl)C2CCCCS2(=O)=O)c(Br)c1. The van der Waals surface area contributed by atoms with Gasteiger partial charge >= 0.3 is 0 Å². The predicted octanol–water partition coefficient (Wildman–Crippen LogP) is 3.70. The summed E-state index contributed by atoms with van der Waals surface area (Å²) in [7, 11) is -1.50. The monoisotopic (exact) mass is 366 g/mol. The number of halogens is 2. The van der Waals surface area contributed by atoms with Crippen LogP contribution in [0.1, 0.15) is 30.2 Å². The molecule has 1 aliphatic rings. The van der Waals surface area contributed by atoms with Gasteiger partial charge in [0.05, 0.1) is 23.5 Å². The number of hydrogen-bond donors (Lipinski definition) is 0. The Morgan fingerprint density at radius 3 is 2.74 bits per heavy atom. The maximum absolute atomic E-state index is 12.1. The number of sulfone groups is 1. The minimum Gasteiger partial charge on any atom is -0.497 e. The molecule has 0 bridgehead atoms. The molecule has 1 aromatic carbocycles. The Kier molecular flexibility index (Phi) is 4.79. The van der Waals surface area contributed by atoms with E-state index in [1.165, 1.54) is 0 Å². The van der Waals surface area contributed by atoms with Gasteiger partial charge in [0, 0.05) is 4.47 Å². The molecule has 0 N–H and O–H groups in total. The summed E-state index contributed by atoms with van der Waals surface area (Å²) in [5.74, 6) is 0.959. The first-order chi connectivity index (χ1) is 8.95. The van der Waals surface area contributed by atoms with Crippen LogP contribution in [0.3, 0.4) is 0 Å². The number of benzene rings is 1. The van der Waals surface area contributed by atoms with Gasteiger partial charge in [-0.15, -0.1) is 11.6 Å². The number of alkyl halides is 1. The van der Waals surface area contributed by atoms with Crippen LogP contribution in [0.2, 0.25) is 0 Å². The molecule has 1 saturated heterocycles. The molecule has 0 aliphatic carbocycles. The number of rotatable bonds is 3. The first-order valence-electron chi connectivity index (χ1n) is 6.15. The van der Waals surface area contributed by atoms with Crippen LogP contribution >= 0.6 is 27.5 Å². The van der Waals surface area contributed by atoms with Gasteiger partial charge in [0.1, 0.15) is 5.75 Å². The third-order valence-corrected chi connectivity index (χ3v) is 7.12. The number of ether oxygens (including phenoxy) is 1. The van der Waals surface area contributed by atoms with Crippen LogP contribution in [0.15, 0.2) is 22.7 Å². The summed E-state index contributed by atoms with van der Waals surface area (Å²) in [6.45, 7) is 0. The molecule has 0 saturated carbocycles.